The molecular weight excluding hydrogens is 344 g/mol. The van der Waals surface area contributed by atoms with Crippen molar-refractivity contribution < 1.29 is 4.79 Å². The molecule has 0 spiro atoms. The van der Waals surface area contributed by atoms with E-state index in [1.807, 2.05) is 17.3 Å². The molecule has 0 bridgehead atoms. The third-order valence-corrected chi connectivity index (χ3v) is 6.14. The van der Waals surface area contributed by atoms with Crippen LogP contribution in [0.15, 0.2) is 23.5 Å². The van der Waals surface area contributed by atoms with Gasteiger partial charge in [0.25, 0.3) is 5.91 Å². The molecule has 1 amide bonds. The van der Waals surface area contributed by atoms with Gasteiger partial charge in [-0.3, -0.25) is 9.79 Å². The summed E-state index contributed by atoms with van der Waals surface area (Å²) < 4.78 is 0. The van der Waals surface area contributed by atoms with Crippen LogP contribution in [0.5, 0.6) is 0 Å². The molecule has 0 aromatic carbocycles. The zero-order valence-electron chi connectivity index (χ0n) is 15.5. The Labute approximate surface area is 158 Å². The summed E-state index contributed by atoms with van der Waals surface area (Å²) in [6, 6.07) is 2.27. The number of carbonyl (C=O) groups is 1. The first-order valence-electron chi connectivity index (χ1n) is 9.57. The van der Waals surface area contributed by atoms with Crippen LogP contribution in [0.25, 0.3) is 11.0 Å². The molecule has 1 atom stereocenters. The number of pyridine rings is 1. The van der Waals surface area contributed by atoms with E-state index < -0.39 is 0 Å². The number of nitrogens with one attached hydrogen (secondary N) is 1. The third kappa shape index (κ3) is 3.52. The molecular formula is C20H26N4OS. The topological polar surface area (TPSA) is 61.4 Å². The molecule has 4 heterocycles. The monoisotopic (exact) mass is 370 g/mol. The largest absolute Gasteiger partial charge is 0.346 e. The highest BCUT2D eigenvalue weighted by atomic mass is 32.2. The smallest absolute Gasteiger partial charge is 0.278 e. The number of fused-ring (bicyclic) bond motifs is 1. The average Bonchev–Trinajstić information content (AvgIpc) is 3.27. The van der Waals surface area contributed by atoms with E-state index in [-0.39, 0.29) is 11.9 Å². The zero-order chi connectivity index (χ0) is 18.1. The summed E-state index contributed by atoms with van der Waals surface area (Å²) in [4.78, 5) is 27.3. The average molecular weight is 371 g/mol. The summed E-state index contributed by atoms with van der Waals surface area (Å²) >= 11 is 1.60. The fourth-order valence-electron chi connectivity index (χ4n) is 3.81. The molecule has 2 aromatic heterocycles. The van der Waals surface area contributed by atoms with E-state index in [4.69, 9.17) is 4.99 Å². The number of nitrogens with zero attached hydrogens (tertiary/aromatic N) is 3. The number of aliphatic imine (C=N–C) groups is 1. The fraction of sp³-hybridized carbons (Fsp3) is 0.550. The maximum absolute atomic E-state index is 12.7. The van der Waals surface area contributed by atoms with E-state index in [1.54, 1.807) is 11.8 Å². The number of aromatic nitrogens is 2. The minimum atomic E-state index is 0.0357. The number of amides is 1. The summed E-state index contributed by atoms with van der Waals surface area (Å²) in [6.07, 6.45) is 8.45. The fourth-order valence-corrected chi connectivity index (χ4v) is 4.83. The molecule has 0 radical (unpaired) electrons. The van der Waals surface area contributed by atoms with Gasteiger partial charge in [-0.1, -0.05) is 25.6 Å². The molecule has 2 aliphatic heterocycles. The van der Waals surface area contributed by atoms with Crippen LogP contribution >= 0.6 is 11.8 Å². The lowest BCUT2D eigenvalue weighted by Gasteiger charge is -2.26. The number of thioether (sulfide) groups is 1. The highest BCUT2D eigenvalue weighted by Crippen LogP contribution is 2.35. The van der Waals surface area contributed by atoms with Crippen LogP contribution in [0.1, 0.15) is 50.3 Å². The van der Waals surface area contributed by atoms with Crippen molar-refractivity contribution in [2.24, 2.45) is 10.9 Å². The third-order valence-electron chi connectivity index (χ3n) is 5.10. The van der Waals surface area contributed by atoms with Gasteiger partial charge in [-0.15, -0.1) is 0 Å². The molecule has 1 N–H and O–H groups in total. The Balaban J connectivity index is 1.57. The molecule has 4 rings (SSSR count). The van der Waals surface area contributed by atoms with Gasteiger partial charge in [0.2, 0.25) is 0 Å². The Morgan fingerprint density at radius 1 is 1.35 bits per heavy atom. The van der Waals surface area contributed by atoms with Crippen molar-refractivity contribution >= 4 is 33.7 Å². The second kappa shape index (κ2) is 7.43. The van der Waals surface area contributed by atoms with E-state index in [0.29, 0.717) is 11.0 Å². The number of aromatic amines is 1. The van der Waals surface area contributed by atoms with Gasteiger partial charge in [0.15, 0.2) is 5.04 Å². The Hall–Kier alpha value is -1.82. The minimum absolute atomic E-state index is 0.0357. The lowest BCUT2D eigenvalue weighted by atomic mass is 10.0. The van der Waals surface area contributed by atoms with Crippen molar-refractivity contribution in [3.05, 3.63) is 29.6 Å². The molecule has 138 valence electrons. The molecule has 0 saturated carbocycles. The molecule has 1 fully saturated rings. The van der Waals surface area contributed by atoms with E-state index in [1.165, 1.54) is 12.0 Å². The predicted octanol–water partition coefficient (Wildman–Crippen LogP) is 3.96. The number of hydrogen-bond donors (Lipinski definition) is 1. The molecule has 0 aliphatic carbocycles. The Morgan fingerprint density at radius 2 is 2.15 bits per heavy atom. The zero-order valence-corrected chi connectivity index (χ0v) is 16.3. The summed E-state index contributed by atoms with van der Waals surface area (Å²) in [7, 11) is 0. The van der Waals surface area contributed by atoms with Crippen LogP contribution in [0, 0.1) is 5.92 Å². The second-order valence-electron chi connectivity index (χ2n) is 7.70. The number of carbonyl (C=O) groups excluding carboxylic acids is 1. The van der Waals surface area contributed by atoms with Crippen molar-refractivity contribution in [1.82, 2.24) is 14.9 Å². The maximum Gasteiger partial charge on any atom is 0.278 e. The van der Waals surface area contributed by atoms with Crippen LogP contribution in [-0.4, -0.2) is 44.7 Å². The number of hydrogen-bond acceptors (Lipinski definition) is 4. The van der Waals surface area contributed by atoms with Gasteiger partial charge in [-0.25, -0.2) is 4.98 Å². The van der Waals surface area contributed by atoms with Crippen LogP contribution in [0.2, 0.25) is 0 Å². The van der Waals surface area contributed by atoms with Gasteiger partial charge in [-0.2, -0.15) is 0 Å². The first-order valence-corrected chi connectivity index (χ1v) is 10.6. The van der Waals surface area contributed by atoms with Gasteiger partial charge in [-0.05, 0) is 43.2 Å². The van der Waals surface area contributed by atoms with Crippen LogP contribution < -0.4 is 0 Å². The summed E-state index contributed by atoms with van der Waals surface area (Å²) in [5, 5.41) is 1.82. The summed E-state index contributed by atoms with van der Waals surface area (Å²) in [5.74, 6) is 1.55. The van der Waals surface area contributed by atoms with Crippen LogP contribution in [-0.2, 0) is 11.2 Å². The second-order valence-corrected chi connectivity index (χ2v) is 8.70. The summed E-state index contributed by atoms with van der Waals surface area (Å²) in [6.45, 7) is 6.19. The normalized spacial score (nSPS) is 20.8. The SMILES string of the molecule is CC(C)Cc1cnc2[nH]cc(C3CSC(C(=O)N4CCCCC4)=N3)c2c1. The number of likely N-dealkylation sites (tertiary alicyclic amines) is 1. The quantitative estimate of drug-likeness (QED) is 0.886. The van der Waals surface area contributed by atoms with Crippen molar-refractivity contribution in [2.45, 2.75) is 45.6 Å². The van der Waals surface area contributed by atoms with Gasteiger partial charge in [0.1, 0.15) is 5.65 Å². The van der Waals surface area contributed by atoms with Gasteiger partial charge >= 0.3 is 0 Å². The van der Waals surface area contributed by atoms with E-state index >= 15 is 0 Å². The Morgan fingerprint density at radius 3 is 2.92 bits per heavy atom. The van der Waals surface area contributed by atoms with Crippen LogP contribution in [0.3, 0.4) is 0 Å². The molecule has 2 aromatic rings. The molecule has 1 saturated heterocycles. The lowest BCUT2D eigenvalue weighted by molar-refractivity contribution is -0.124. The molecule has 6 heteroatoms. The van der Waals surface area contributed by atoms with E-state index in [9.17, 15) is 4.79 Å². The number of H-pyrrole nitrogens is 1. The first-order chi connectivity index (χ1) is 12.6. The van der Waals surface area contributed by atoms with E-state index in [2.05, 4.69) is 29.9 Å². The molecule has 5 nitrogen and oxygen atoms in total. The van der Waals surface area contributed by atoms with Crippen molar-refractivity contribution in [3.8, 4) is 0 Å². The van der Waals surface area contributed by atoms with Crippen molar-refractivity contribution in [3.63, 3.8) is 0 Å². The summed E-state index contributed by atoms with van der Waals surface area (Å²) in [5.41, 5.74) is 3.32. The van der Waals surface area contributed by atoms with Gasteiger partial charge < -0.3 is 9.88 Å². The lowest BCUT2D eigenvalue weighted by Crippen LogP contribution is -2.38. The highest BCUT2D eigenvalue weighted by molar-refractivity contribution is 8.16. The van der Waals surface area contributed by atoms with E-state index in [0.717, 1.165) is 54.7 Å². The first kappa shape index (κ1) is 17.6. The standard InChI is InChI=1S/C20H26N4OS/c1-13(2)8-14-9-15-16(11-22-18(15)21-10-14)17-12-26-19(23-17)20(25)24-6-4-3-5-7-24/h9-11,13,17H,3-8,12H2,1-2H3,(H,21,22). The minimum Gasteiger partial charge on any atom is -0.346 e. The predicted molar refractivity (Wildman–Crippen MR) is 108 cm³/mol. The Kier molecular flexibility index (Phi) is 5.02. The van der Waals surface area contributed by atoms with Gasteiger partial charge in [0.05, 0.1) is 6.04 Å². The van der Waals surface area contributed by atoms with Crippen molar-refractivity contribution in [2.75, 3.05) is 18.8 Å². The molecule has 1 unspecified atom stereocenters. The maximum atomic E-state index is 12.7. The number of rotatable bonds is 4. The van der Waals surface area contributed by atoms with Crippen LogP contribution in [0.4, 0.5) is 0 Å². The number of piperidine rings is 1. The Bertz CT molecular complexity index is 835. The van der Waals surface area contributed by atoms with Crippen molar-refractivity contribution in [1.29, 1.82) is 0 Å². The van der Waals surface area contributed by atoms with Gasteiger partial charge in [0, 0.05) is 42.2 Å². The highest BCUT2D eigenvalue weighted by Gasteiger charge is 2.29. The molecule has 2 aliphatic rings. The molecule has 26 heavy (non-hydrogen) atoms.